The van der Waals surface area contributed by atoms with Crippen molar-refractivity contribution >= 4 is 21.7 Å². The summed E-state index contributed by atoms with van der Waals surface area (Å²) in [5.41, 5.74) is -0.0499. The Kier molecular flexibility index (Phi) is 5.50. The molecule has 1 aromatic rings. The summed E-state index contributed by atoms with van der Waals surface area (Å²) in [5, 5.41) is 10.7. The molecule has 3 rings (SSSR count). The predicted octanol–water partition coefficient (Wildman–Crippen LogP) is 1.23. The van der Waals surface area contributed by atoms with Gasteiger partial charge in [-0.25, -0.2) is 4.98 Å². The lowest BCUT2D eigenvalue weighted by Gasteiger charge is -2.37. The van der Waals surface area contributed by atoms with Crippen molar-refractivity contribution in [3.05, 3.63) is 28.4 Å². The molecule has 2 fully saturated rings. The number of nitrogens with zero attached hydrogens (tertiary/aromatic N) is 5. The smallest absolute Gasteiger partial charge is 0.287 e. The Morgan fingerprint density at radius 2 is 1.52 bits per heavy atom. The van der Waals surface area contributed by atoms with E-state index in [0.717, 1.165) is 25.7 Å². The molecule has 9 nitrogen and oxygen atoms in total. The summed E-state index contributed by atoms with van der Waals surface area (Å²) in [6.07, 6.45) is 5.25. The molecule has 138 valence electrons. The number of rotatable bonds is 4. The molecule has 0 bridgehead atoms. The van der Waals surface area contributed by atoms with Crippen LogP contribution in [0.1, 0.15) is 25.7 Å². The number of anilines is 1. The Morgan fingerprint density at radius 1 is 0.920 bits per heavy atom. The summed E-state index contributed by atoms with van der Waals surface area (Å²) in [6.45, 7) is 3.06. The first-order chi connectivity index (χ1) is 12.0. The van der Waals surface area contributed by atoms with E-state index in [2.05, 4.69) is 4.98 Å². The van der Waals surface area contributed by atoms with Crippen LogP contribution in [0, 0.1) is 10.1 Å². The highest BCUT2D eigenvalue weighted by molar-refractivity contribution is 7.86. The van der Waals surface area contributed by atoms with Crippen LogP contribution in [0.3, 0.4) is 0 Å². The van der Waals surface area contributed by atoms with E-state index in [4.69, 9.17) is 0 Å². The number of aromatic nitrogens is 1. The van der Waals surface area contributed by atoms with E-state index in [1.165, 1.54) is 12.3 Å². The van der Waals surface area contributed by atoms with E-state index >= 15 is 0 Å². The fourth-order valence-electron chi connectivity index (χ4n) is 3.26. The molecule has 1 aromatic heterocycles. The van der Waals surface area contributed by atoms with Gasteiger partial charge in [-0.3, -0.25) is 10.1 Å². The fourth-order valence-corrected chi connectivity index (χ4v) is 4.93. The predicted molar refractivity (Wildman–Crippen MR) is 93.6 cm³/mol. The second kappa shape index (κ2) is 7.63. The first-order valence-electron chi connectivity index (χ1n) is 8.59. The van der Waals surface area contributed by atoms with Crippen molar-refractivity contribution in [1.29, 1.82) is 0 Å². The molecule has 0 saturated carbocycles. The molecular formula is C15H23N5O4S. The molecule has 2 aliphatic heterocycles. The molecule has 3 heterocycles. The van der Waals surface area contributed by atoms with Crippen molar-refractivity contribution in [2.45, 2.75) is 25.7 Å². The zero-order chi connectivity index (χ0) is 17.9. The van der Waals surface area contributed by atoms with Crippen LogP contribution >= 0.6 is 0 Å². The first-order valence-corrected chi connectivity index (χ1v) is 9.99. The van der Waals surface area contributed by atoms with E-state index in [1.54, 1.807) is 14.7 Å². The largest absolute Gasteiger partial charge is 0.354 e. The number of piperazine rings is 1. The van der Waals surface area contributed by atoms with Crippen LogP contribution in [-0.2, 0) is 10.2 Å². The normalized spacial score (nSPS) is 21.0. The zero-order valence-corrected chi connectivity index (χ0v) is 14.9. The molecule has 0 spiro atoms. The van der Waals surface area contributed by atoms with Gasteiger partial charge in [0.25, 0.3) is 15.9 Å². The molecule has 0 aliphatic carbocycles. The van der Waals surface area contributed by atoms with Crippen molar-refractivity contribution in [3.8, 4) is 0 Å². The number of pyridine rings is 1. The minimum atomic E-state index is -3.40. The Morgan fingerprint density at radius 3 is 2.04 bits per heavy atom. The molecule has 0 unspecified atom stereocenters. The minimum absolute atomic E-state index is 0.0499. The Balaban J connectivity index is 1.61. The van der Waals surface area contributed by atoms with Gasteiger partial charge in [-0.05, 0) is 18.9 Å². The average molecular weight is 369 g/mol. The van der Waals surface area contributed by atoms with Gasteiger partial charge >= 0.3 is 0 Å². The van der Waals surface area contributed by atoms with Gasteiger partial charge in [0.15, 0.2) is 0 Å². The van der Waals surface area contributed by atoms with Crippen molar-refractivity contribution in [3.63, 3.8) is 0 Å². The lowest BCUT2D eigenvalue weighted by molar-refractivity contribution is -0.385. The standard InChI is InChI=1S/C15H23N5O4S/c21-20(22)14-5-6-15(16-13-14)17-9-11-19(12-10-17)25(23,24)18-7-3-1-2-4-8-18/h5-6,13H,1-4,7-12H2. The van der Waals surface area contributed by atoms with Gasteiger partial charge in [-0.1, -0.05) is 12.8 Å². The third kappa shape index (κ3) is 4.07. The molecule has 2 aliphatic rings. The van der Waals surface area contributed by atoms with E-state index in [9.17, 15) is 18.5 Å². The fraction of sp³-hybridized carbons (Fsp3) is 0.667. The van der Waals surface area contributed by atoms with Gasteiger partial charge in [-0.2, -0.15) is 17.0 Å². The Labute approximate surface area is 147 Å². The monoisotopic (exact) mass is 369 g/mol. The average Bonchev–Trinajstić information content (AvgIpc) is 2.92. The van der Waals surface area contributed by atoms with E-state index in [0.29, 0.717) is 45.1 Å². The van der Waals surface area contributed by atoms with Gasteiger partial charge < -0.3 is 4.90 Å². The summed E-state index contributed by atoms with van der Waals surface area (Å²) in [7, 11) is -3.40. The third-order valence-electron chi connectivity index (χ3n) is 4.72. The van der Waals surface area contributed by atoms with Crippen LogP contribution in [0.4, 0.5) is 11.5 Å². The van der Waals surface area contributed by atoms with Crippen molar-refractivity contribution < 1.29 is 13.3 Å². The van der Waals surface area contributed by atoms with Crippen LogP contribution < -0.4 is 4.90 Å². The third-order valence-corrected chi connectivity index (χ3v) is 6.76. The highest BCUT2D eigenvalue weighted by Crippen LogP contribution is 2.21. The highest BCUT2D eigenvalue weighted by atomic mass is 32.2. The summed E-state index contributed by atoms with van der Waals surface area (Å²) >= 11 is 0. The minimum Gasteiger partial charge on any atom is -0.354 e. The van der Waals surface area contributed by atoms with Crippen LogP contribution in [0.5, 0.6) is 0 Å². The second-order valence-corrected chi connectivity index (χ2v) is 8.27. The molecule has 10 heteroatoms. The Bertz CT molecular complexity index is 693. The highest BCUT2D eigenvalue weighted by Gasteiger charge is 2.32. The number of hydrogen-bond acceptors (Lipinski definition) is 6. The van der Waals surface area contributed by atoms with Gasteiger partial charge in [0.2, 0.25) is 0 Å². The van der Waals surface area contributed by atoms with Crippen LogP contribution in [0.25, 0.3) is 0 Å². The molecule has 25 heavy (non-hydrogen) atoms. The van der Waals surface area contributed by atoms with E-state index in [1.807, 2.05) is 4.90 Å². The van der Waals surface area contributed by atoms with Crippen molar-refractivity contribution in [2.75, 3.05) is 44.2 Å². The van der Waals surface area contributed by atoms with Gasteiger partial charge in [-0.15, -0.1) is 0 Å². The van der Waals surface area contributed by atoms with E-state index in [-0.39, 0.29) is 5.69 Å². The maximum atomic E-state index is 12.8. The lowest BCUT2D eigenvalue weighted by Crippen LogP contribution is -2.53. The molecule has 0 radical (unpaired) electrons. The Hall–Kier alpha value is -1.78. The maximum Gasteiger partial charge on any atom is 0.287 e. The molecular weight excluding hydrogens is 346 g/mol. The molecule has 0 aromatic carbocycles. The summed E-state index contributed by atoms with van der Waals surface area (Å²) in [6, 6.07) is 3.03. The van der Waals surface area contributed by atoms with Crippen LogP contribution in [0.2, 0.25) is 0 Å². The zero-order valence-electron chi connectivity index (χ0n) is 14.1. The number of hydrogen-bond donors (Lipinski definition) is 0. The maximum absolute atomic E-state index is 12.8. The molecule has 0 N–H and O–H groups in total. The lowest BCUT2D eigenvalue weighted by atomic mass is 10.2. The summed E-state index contributed by atoms with van der Waals surface area (Å²) in [4.78, 5) is 16.3. The van der Waals surface area contributed by atoms with E-state index < -0.39 is 15.1 Å². The topological polar surface area (TPSA) is 99.9 Å². The second-order valence-electron chi connectivity index (χ2n) is 6.34. The van der Waals surface area contributed by atoms with Crippen molar-refractivity contribution in [2.24, 2.45) is 0 Å². The molecule has 0 atom stereocenters. The van der Waals surface area contributed by atoms with Gasteiger partial charge in [0.05, 0.1) is 4.92 Å². The van der Waals surface area contributed by atoms with Crippen LogP contribution in [-0.4, -0.2) is 66.2 Å². The van der Waals surface area contributed by atoms with Gasteiger partial charge in [0.1, 0.15) is 12.0 Å². The first kappa shape index (κ1) is 18.0. The quantitative estimate of drug-likeness (QED) is 0.585. The molecule has 0 amide bonds. The van der Waals surface area contributed by atoms with Gasteiger partial charge in [0, 0.05) is 45.3 Å². The summed E-state index contributed by atoms with van der Waals surface area (Å²) < 4.78 is 28.8. The molecule has 2 saturated heterocycles. The number of nitro groups is 1. The van der Waals surface area contributed by atoms with Crippen molar-refractivity contribution in [1.82, 2.24) is 13.6 Å². The SMILES string of the molecule is O=[N+]([O-])c1ccc(N2CCN(S(=O)(=O)N3CCCCCC3)CC2)nc1. The summed E-state index contributed by atoms with van der Waals surface area (Å²) in [5.74, 6) is 0.637. The van der Waals surface area contributed by atoms with Crippen LogP contribution in [0.15, 0.2) is 18.3 Å².